The Hall–Kier alpha value is -15.5. The van der Waals surface area contributed by atoms with E-state index in [-0.39, 0.29) is 27.8 Å². The van der Waals surface area contributed by atoms with Crippen LogP contribution in [0, 0.1) is 69.2 Å². The second-order valence-electron chi connectivity index (χ2n) is 29.9. The number of benzene rings is 5. The smallest absolute Gasteiger partial charge is 0.291 e. The molecular weight excluding hydrogens is 1740 g/mol. The zero-order valence-corrected chi connectivity index (χ0v) is 76.3. The highest BCUT2D eigenvalue weighted by Crippen LogP contribution is 2.19. The molecule has 5 aromatic carbocycles. The molecule has 0 radical (unpaired) electrons. The van der Waals surface area contributed by atoms with Crippen LogP contribution in [-0.2, 0) is 4.79 Å². The van der Waals surface area contributed by atoms with Gasteiger partial charge >= 0.3 is 0 Å². The van der Waals surface area contributed by atoms with Crippen molar-refractivity contribution in [2.75, 3.05) is 14.1 Å². The summed E-state index contributed by atoms with van der Waals surface area (Å²) in [6.45, 7) is 19.6. The summed E-state index contributed by atoms with van der Waals surface area (Å²) >= 11 is 6.50. The molecule has 0 aliphatic carbocycles. The van der Waals surface area contributed by atoms with Gasteiger partial charge in [0.15, 0.2) is 29.1 Å². The van der Waals surface area contributed by atoms with Gasteiger partial charge in [0.05, 0.1) is 0 Å². The number of nitrogens with zero attached hydrogens (tertiary/aromatic N) is 16. The minimum atomic E-state index is -0.184. The first-order valence-corrected chi connectivity index (χ1v) is 44.5. The molecule has 0 fully saturated rings. The Labute approximate surface area is 760 Å². The minimum absolute atomic E-state index is 0.184. The van der Waals surface area contributed by atoms with E-state index in [1.165, 1.54) is 112 Å². The van der Waals surface area contributed by atoms with Gasteiger partial charge in [-0.25, -0.2) is 0 Å². The predicted octanol–water partition coefficient (Wildman–Crippen LogP) is 15.1. The molecule has 20 rings (SSSR count). The lowest BCUT2D eigenvalue weighted by molar-refractivity contribution is -0.115. The molecule has 0 atom stereocenters. The van der Waals surface area contributed by atoms with Gasteiger partial charge < -0.3 is 27.0 Å². The van der Waals surface area contributed by atoms with Gasteiger partial charge in [0.25, 0.3) is 27.8 Å². The van der Waals surface area contributed by atoms with Crippen LogP contribution in [0.25, 0.3) is 116 Å². The van der Waals surface area contributed by atoms with Crippen molar-refractivity contribution in [3.8, 4) is 0 Å². The molecule has 0 unspecified atom stereocenters. The zero-order chi connectivity index (χ0) is 91.2. The fourth-order valence-corrected chi connectivity index (χ4v) is 16.6. The Morgan fingerprint density at radius 2 is 0.408 bits per heavy atom. The maximum atomic E-state index is 12.4. The Morgan fingerprint density at radius 1 is 0.246 bits per heavy atom. The summed E-state index contributed by atoms with van der Waals surface area (Å²) in [7, 11) is 3.38. The lowest BCUT2D eigenvalue weighted by Gasteiger charge is -1.93. The van der Waals surface area contributed by atoms with Gasteiger partial charge in [-0.2, -0.15) is 47.5 Å². The third-order valence-electron chi connectivity index (χ3n) is 18.9. The molecule has 650 valence electrons. The molecule has 0 aliphatic rings. The molecule has 0 bridgehead atoms. The molecule has 0 aliphatic heterocycles. The molecule has 0 spiro atoms. The lowest BCUT2D eigenvalue weighted by Crippen LogP contribution is -2.23. The number of aromatic nitrogens is 15. The Kier molecular flexibility index (Phi) is 27.8. The number of thiazole rings is 5. The van der Waals surface area contributed by atoms with Crippen LogP contribution in [0.15, 0.2) is 228 Å². The number of hydrogen-bond donors (Lipinski definition) is 0. The number of fused-ring (bicyclic) bond motifs is 5. The van der Waals surface area contributed by atoms with E-state index in [1.54, 1.807) is 44.5 Å². The molecule has 20 aromatic rings. The summed E-state index contributed by atoms with van der Waals surface area (Å²) in [4.78, 5) is 98.0. The monoisotopic (exact) mass is 1820 g/mol. The topological polar surface area (TPSA) is 322 Å². The molecule has 0 saturated heterocycles. The third-order valence-corrected chi connectivity index (χ3v) is 23.7. The maximum Gasteiger partial charge on any atom is 0.291 e. The number of hydrogen-bond acceptors (Lipinski definition) is 26. The fourth-order valence-electron chi connectivity index (χ4n) is 12.1. The van der Waals surface area contributed by atoms with Crippen molar-refractivity contribution in [1.82, 2.24) is 77.9 Å². The van der Waals surface area contributed by atoms with Gasteiger partial charge in [-0.1, -0.05) is 236 Å². The van der Waals surface area contributed by atoms with Crippen LogP contribution in [0.5, 0.6) is 0 Å². The average molecular weight is 1820 g/mol. The van der Waals surface area contributed by atoms with Gasteiger partial charge in [-0.15, -0.1) is 25.5 Å². The Balaban J connectivity index is 0.000000123. The molecule has 0 N–H and O–H groups in total. The predicted molar refractivity (Wildman–Crippen MR) is 517 cm³/mol. The fraction of sp³-hybridized carbons (Fsp3) is 0.122. The molecule has 27 nitrogen and oxygen atoms in total. The van der Waals surface area contributed by atoms with Crippen LogP contribution >= 0.6 is 56.7 Å². The van der Waals surface area contributed by atoms with E-state index < -0.39 is 0 Å². The van der Waals surface area contributed by atoms with Crippen molar-refractivity contribution in [1.29, 1.82) is 0 Å². The summed E-state index contributed by atoms with van der Waals surface area (Å²) in [5, 5.41) is 21.4. The number of rotatable bonds is 16. The van der Waals surface area contributed by atoms with Crippen molar-refractivity contribution in [3.05, 3.63) is 399 Å². The van der Waals surface area contributed by atoms with Crippen molar-refractivity contribution < 1.29 is 26.9 Å². The van der Waals surface area contributed by atoms with Crippen LogP contribution in [0.3, 0.4) is 0 Å². The second-order valence-corrected chi connectivity index (χ2v) is 35.0. The molecule has 0 saturated carbocycles. The summed E-state index contributed by atoms with van der Waals surface area (Å²) < 4.78 is 36.9. The molecule has 1 amide bonds. The van der Waals surface area contributed by atoms with E-state index in [1.807, 2.05) is 312 Å². The molecular formula is C98H82N16O11S5. The van der Waals surface area contributed by atoms with Gasteiger partial charge in [-0.3, -0.25) is 28.8 Å². The number of furan rings is 5. The van der Waals surface area contributed by atoms with E-state index in [9.17, 15) is 28.8 Å². The van der Waals surface area contributed by atoms with Crippen molar-refractivity contribution in [2.24, 2.45) is 0 Å². The number of aryl methyl sites for hydroxylation is 10. The lowest BCUT2D eigenvalue weighted by atomic mass is 10.1. The van der Waals surface area contributed by atoms with Crippen LogP contribution in [0.4, 0.5) is 0 Å². The van der Waals surface area contributed by atoms with Crippen LogP contribution in [-0.4, -0.2) is 98.4 Å². The van der Waals surface area contributed by atoms with E-state index in [4.69, 9.17) is 22.1 Å². The van der Waals surface area contributed by atoms with Crippen LogP contribution < -0.4 is 50.5 Å². The molecule has 15 aromatic heterocycles. The highest BCUT2D eigenvalue weighted by Gasteiger charge is 2.16. The van der Waals surface area contributed by atoms with Gasteiger partial charge in [0.1, 0.15) is 80.3 Å². The number of carbonyl (C=O) groups is 1. The third kappa shape index (κ3) is 23.0. The first kappa shape index (κ1) is 89.3. The van der Waals surface area contributed by atoms with E-state index >= 15 is 0 Å². The minimum Gasteiger partial charge on any atom is -0.462 e. The summed E-state index contributed by atoms with van der Waals surface area (Å²) in [6.07, 6.45) is 28.1. The number of amides is 1. The highest BCUT2D eigenvalue weighted by molar-refractivity contribution is 7.16. The normalized spacial score (nSPS) is 12.4. The first-order chi connectivity index (χ1) is 62.7. The highest BCUT2D eigenvalue weighted by atomic mass is 32.1. The number of carbonyl (C=O) groups excluding carboxylic acids is 1. The van der Waals surface area contributed by atoms with E-state index in [0.29, 0.717) is 105 Å². The molecule has 15 heterocycles. The van der Waals surface area contributed by atoms with Crippen molar-refractivity contribution in [3.63, 3.8) is 0 Å². The Morgan fingerprint density at radius 3 is 0.538 bits per heavy atom. The van der Waals surface area contributed by atoms with Gasteiger partial charge in [0.2, 0.25) is 31.2 Å². The second kappa shape index (κ2) is 40.4. The summed E-state index contributed by atoms with van der Waals surface area (Å²) in [5.41, 5.74) is 10.5. The van der Waals surface area contributed by atoms with Crippen molar-refractivity contribution >= 4 is 179 Å². The van der Waals surface area contributed by atoms with Crippen molar-refractivity contribution in [2.45, 2.75) is 69.2 Å². The summed E-state index contributed by atoms with van der Waals surface area (Å²) in [6, 6.07) is 59.3. The standard InChI is InChI=1S/5C19H15N3O2S.C3H7NO/c5*1-12-3-6-14(7-4-12)8-10-17-20-19-22(21-17)18(23)16(25-19)11-15-9-5-13(2)24-15;1-4(2)3-5/h5*3-11H,1-2H3;3H,1-2H3/b5*10-8+,16-11-;. The zero-order valence-electron chi connectivity index (χ0n) is 72.2. The largest absolute Gasteiger partial charge is 0.462 e. The van der Waals surface area contributed by atoms with Gasteiger partial charge in [-0.05, 0) is 188 Å². The van der Waals surface area contributed by atoms with E-state index in [0.717, 1.165) is 63.0 Å². The van der Waals surface area contributed by atoms with E-state index in [2.05, 4.69) is 50.4 Å². The van der Waals surface area contributed by atoms with Crippen LogP contribution in [0.1, 0.15) is 142 Å². The van der Waals surface area contributed by atoms with Gasteiger partial charge in [0, 0.05) is 44.5 Å². The summed E-state index contributed by atoms with van der Waals surface area (Å²) in [5.74, 6) is 9.88. The molecule has 130 heavy (non-hydrogen) atoms. The Bertz CT molecular complexity index is 7130. The first-order valence-electron chi connectivity index (χ1n) is 40.4. The SMILES string of the molecule is CN(C)C=O.Cc1ccc(/C=C/c2nc3s/c(=C\c4ccc(C)o4)c(=O)n3n2)cc1.Cc1ccc(/C=C/c2nc3s/c(=C\c4ccc(C)o4)c(=O)n3n2)cc1.Cc1ccc(/C=C/c2nc3s/c(=C\c4ccc(C)o4)c(=O)n3n2)cc1.Cc1ccc(/C=C/c2nc3s/c(=C\c4ccc(C)o4)c(=O)n3n2)cc1.Cc1ccc(/C=C/c2nc3s/c(=C\c4ccc(C)o4)c(=O)n3n2)cc1. The maximum absolute atomic E-state index is 12.4. The quantitative estimate of drug-likeness (QED) is 0.0811. The molecule has 32 heteroatoms. The van der Waals surface area contributed by atoms with Crippen LogP contribution in [0.2, 0.25) is 0 Å². The average Bonchev–Trinajstić information content (AvgIpc) is 1.66.